The second kappa shape index (κ2) is 10.8. The number of methoxy groups -OCH3 is 1. The van der Waals surface area contributed by atoms with E-state index in [2.05, 4.69) is 25.3 Å². The number of carbonyl (C=O) groups is 1. The van der Waals surface area contributed by atoms with E-state index in [4.69, 9.17) is 9.84 Å². The first-order valence-corrected chi connectivity index (χ1v) is 12.4. The molecule has 1 saturated carbocycles. The molecule has 0 radical (unpaired) electrons. The van der Waals surface area contributed by atoms with Gasteiger partial charge in [0.15, 0.2) is 5.69 Å². The summed E-state index contributed by atoms with van der Waals surface area (Å²) in [5.74, 6) is -0.177. The van der Waals surface area contributed by atoms with Crippen LogP contribution < -0.4 is 10.1 Å². The van der Waals surface area contributed by atoms with Gasteiger partial charge in [-0.05, 0) is 30.5 Å². The van der Waals surface area contributed by atoms with Crippen LogP contribution in [0.25, 0.3) is 28.7 Å². The highest BCUT2D eigenvalue weighted by atomic mass is 19.4. The lowest BCUT2D eigenvalue weighted by Gasteiger charge is -2.15. The van der Waals surface area contributed by atoms with Gasteiger partial charge >= 0.3 is 12.1 Å². The molecule has 4 aromatic rings. The zero-order chi connectivity index (χ0) is 28.4. The molecule has 0 bridgehead atoms. The van der Waals surface area contributed by atoms with Crippen molar-refractivity contribution in [1.82, 2.24) is 24.5 Å². The number of aliphatic carboxylic acids is 1. The van der Waals surface area contributed by atoms with Gasteiger partial charge in [0.05, 0.1) is 24.1 Å². The van der Waals surface area contributed by atoms with E-state index in [1.165, 1.54) is 31.1 Å². The lowest BCUT2D eigenvalue weighted by atomic mass is 10.0. The first-order valence-electron chi connectivity index (χ1n) is 12.4. The normalized spacial score (nSPS) is 13.5. The first-order chi connectivity index (χ1) is 19.1. The summed E-state index contributed by atoms with van der Waals surface area (Å²) in [6, 6.07) is 8.79. The van der Waals surface area contributed by atoms with Crippen LogP contribution in [0.3, 0.4) is 0 Å². The van der Waals surface area contributed by atoms with Crippen LogP contribution in [0, 0.1) is 0 Å². The third-order valence-corrected chi connectivity index (χ3v) is 6.46. The van der Waals surface area contributed by atoms with Gasteiger partial charge in [0.25, 0.3) is 0 Å². The Kier molecular flexibility index (Phi) is 7.24. The quantitative estimate of drug-likeness (QED) is 0.261. The van der Waals surface area contributed by atoms with Crippen LogP contribution in [0.4, 0.5) is 18.9 Å². The predicted octanol–water partition coefficient (Wildman–Crippen LogP) is 5.55. The molecule has 3 aromatic heterocycles. The number of aryl methyl sites for hydroxylation is 1. The Morgan fingerprint density at radius 3 is 2.58 bits per heavy atom. The van der Waals surface area contributed by atoms with Crippen molar-refractivity contribution in [3.63, 3.8) is 0 Å². The van der Waals surface area contributed by atoms with E-state index in [1.54, 1.807) is 36.5 Å². The molecule has 40 heavy (non-hydrogen) atoms. The molecular weight excluding hydrogens is 525 g/mol. The van der Waals surface area contributed by atoms with E-state index >= 15 is 0 Å². The summed E-state index contributed by atoms with van der Waals surface area (Å²) < 4.78 is 46.0. The van der Waals surface area contributed by atoms with E-state index in [1.807, 2.05) is 0 Å². The number of hydrogen-bond acceptors (Lipinski definition) is 7. The van der Waals surface area contributed by atoms with Crippen molar-refractivity contribution in [2.24, 2.45) is 7.05 Å². The number of imidazole rings is 1. The van der Waals surface area contributed by atoms with Crippen LogP contribution in [0.2, 0.25) is 0 Å². The number of hydrogen-bond donors (Lipinski definition) is 2. The molecule has 3 heterocycles. The fourth-order valence-electron chi connectivity index (χ4n) is 4.33. The summed E-state index contributed by atoms with van der Waals surface area (Å²) in [5, 5.41) is 12.5. The largest absolute Gasteiger partial charge is 0.480 e. The molecule has 1 aliphatic carbocycles. The van der Waals surface area contributed by atoms with E-state index in [0.717, 1.165) is 36.4 Å². The molecule has 0 atom stereocenters. The Bertz CT molecular complexity index is 1580. The molecule has 12 heteroatoms. The molecule has 1 aliphatic rings. The zero-order valence-electron chi connectivity index (χ0n) is 21.6. The second-order valence-electron chi connectivity index (χ2n) is 9.35. The fraction of sp³-hybridized carbons (Fsp3) is 0.250. The van der Waals surface area contributed by atoms with E-state index in [9.17, 15) is 18.0 Å². The monoisotopic (exact) mass is 550 g/mol. The van der Waals surface area contributed by atoms with Crippen LogP contribution in [0.1, 0.15) is 41.3 Å². The van der Waals surface area contributed by atoms with Crippen molar-refractivity contribution < 1.29 is 27.8 Å². The van der Waals surface area contributed by atoms with Gasteiger partial charge in [-0.15, -0.1) is 0 Å². The average molecular weight is 551 g/mol. The molecule has 0 spiro atoms. The predicted molar refractivity (Wildman–Crippen MR) is 141 cm³/mol. The number of nitrogens with one attached hydrogen (secondary N) is 1. The van der Waals surface area contributed by atoms with Gasteiger partial charge in [-0.3, -0.25) is 4.98 Å². The highest BCUT2D eigenvalue weighted by Crippen LogP contribution is 2.45. The Labute approximate surface area is 227 Å². The smallest absolute Gasteiger partial charge is 0.434 e. The van der Waals surface area contributed by atoms with Crippen LogP contribution >= 0.6 is 0 Å². The maximum atomic E-state index is 13.1. The summed E-state index contributed by atoms with van der Waals surface area (Å²) in [6.45, 7) is 0.351. The van der Waals surface area contributed by atoms with Crippen molar-refractivity contribution >= 4 is 17.7 Å². The number of pyridine rings is 1. The van der Waals surface area contributed by atoms with Crippen molar-refractivity contribution in [1.29, 1.82) is 0 Å². The van der Waals surface area contributed by atoms with Crippen LogP contribution in [-0.2, 0) is 24.6 Å². The van der Waals surface area contributed by atoms with E-state index < -0.39 is 17.8 Å². The van der Waals surface area contributed by atoms with Crippen LogP contribution in [0.5, 0.6) is 5.88 Å². The first kappa shape index (κ1) is 26.9. The van der Waals surface area contributed by atoms with Gasteiger partial charge in [0.1, 0.15) is 12.2 Å². The molecule has 0 amide bonds. The van der Waals surface area contributed by atoms with Crippen molar-refractivity contribution in [2.45, 2.75) is 31.5 Å². The Morgan fingerprint density at radius 2 is 1.95 bits per heavy atom. The number of aromatic nitrogens is 5. The summed E-state index contributed by atoms with van der Waals surface area (Å²) in [6.07, 6.45) is 3.99. The minimum atomic E-state index is -4.52. The maximum absolute atomic E-state index is 13.1. The molecule has 5 rings (SSSR count). The number of carboxylic acids is 1. The standard InChI is InChI=1S/C28H25F3N6O3/c1-37-14-22(28(29,30)31)36-26(37)18-5-3-16(4-6-18)12-32-20-11-21(33-13-19(20)9-10-23(38)39)24-25(17-7-8-17)34-15-35-27(24)40-2/h3-6,9-11,13-15,17H,7-8,12H2,1-2H3,(H,32,33)(H,38,39)/b10-9+. The van der Waals surface area contributed by atoms with E-state index in [0.29, 0.717) is 46.4 Å². The minimum absolute atomic E-state index is 0.206. The molecular formula is C28H25F3N6O3. The van der Waals surface area contributed by atoms with Crippen molar-refractivity contribution in [3.05, 3.63) is 77.6 Å². The summed E-state index contributed by atoms with van der Waals surface area (Å²) in [7, 11) is 3.05. The molecule has 1 fully saturated rings. The SMILES string of the molecule is COc1ncnc(C2CC2)c1-c1cc(NCc2ccc(-c3nc(C(F)(F)F)cn3C)cc2)c(/C=C/C(=O)O)cn1. The van der Waals surface area contributed by atoms with Crippen molar-refractivity contribution in [2.75, 3.05) is 12.4 Å². The molecule has 0 saturated heterocycles. The second-order valence-corrected chi connectivity index (χ2v) is 9.35. The third kappa shape index (κ3) is 5.80. The number of carboxylic acid groups (broad SMARTS) is 1. The van der Waals surface area contributed by atoms with Crippen molar-refractivity contribution in [3.8, 4) is 28.5 Å². The third-order valence-electron chi connectivity index (χ3n) is 6.46. The molecule has 1 aromatic carbocycles. The number of anilines is 1. The highest BCUT2D eigenvalue weighted by Gasteiger charge is 2.34. The summed E-state index contributed by atoms with van der Waals surface area (Å²) in [5.41, 5.74) is 3.76. The summed E-state index contributed by atoms with van der Waals surface area (Å²) >= 11 is 0. The Morgan fingerprint density at radius 1 is 1.20 bits per heavy atom. The van der Waals surface area contributed by atoms with Gasteiger partial charge in [-0.2, -0.15) is 13.2 Å². The lowest BCUT2D eigenvalue weighted by molar-refractivity contribution is -0.141. The average Bonchev–Trinajstić information content (AvgIpc) is 3.70. The van der Waals surface area contributed by atoms with Crippen LogP contribution in [0.15, 0.2) is 55.1 Å². The van der Waals surface area contributed by atoms with Crippen LogP contribution in [-0.4, -0.2) is 42.7 Å². The number of rotatable bonds is 9. The summed E-state index contributed by atoms with van der Waals surface area (Å²) in [4.78, 5) is 28.2. The molecule has 0 aliphatic heterocycles. The Hall–Kier alpha value is -4.74. The number of alkyl halides is 3. The number of benzene rings is 1. The lowest BCUT2D eigenvalue weighted by Crippen LogP contribution is -2.05. The highest BCUT2D eigenvalue weighted by molar-refractivity contribution is 5.87. The fourth-order valence-corrected chi connectivity index (χ4v) is 4.33. The molecule has 0 unspecified atom stereocenters. The van der Waals surface area contributed by atoms with E-state index in [-0.39, 0.29) is 5.82 Å². The van der Waals surface area contributed by atoms with Gasteiger partial charge in [-0.1, -0.05) is 24.3 Å². The topological polar surface area (TPSA) is 115 Å². The Balaban J connectivity index is 1.43. The minimum Gasteiger partial charge on any atom is -0.480 e. The van der Waals surface area contributed by atoms with Gasteiger partial charge in [0.2, 0.25) is 5.88 Å². The molecule has 9 nitrogen and oxygen atoms in total. The van der Waals surface area contributed by atoms with Gasteiger partial charge < -0.3 is 19.7 Å². The number of halogens is 3. The molecule has 206 valence electrons. The van der Waals surface area contributed by atoms with Gasteiger partial charge in [0, 0.05) is 54.8 Å². The number of nitrogens with zero attached hydrogens (tertiary/aromatic N) is 5. The molecule has 2 N–H and O–H groups in total. The maximum Gasteiger partial charge on any atom is 0.434 e. The van der Waals surface area contributed by atoms with Gasteiger partial charge in [-0.25, -0.2) is 19.7 Å². The number of ether oxygens (including phenoxy) is 1. The zero-order valence-corrected chi connectivity index (χ0v) is 21.6.